The average Bonchev–Trinajstić information content (AvgIpc) is 3.95. The molecule has 1 aliphatic carbocycles. The lowest BCUT2D eigenvalue weighted by molar-refractivity contribution is -0.143. The molecule has 2 unspecified atom stereocenters. The number of fused-ring (bicyclic) bond motifs is 11. The summed E-state index contributed by atoms with van der Waals surface area (Å²) in [4.78, 5) is 57.0. The number of aryl methyl sites for hydroxylation is 1. The molecule has 5 aliphatic rings. The minimum Gasteiger partial charge on any atom is -0.494 e. The number of Topliss-reactive ketones (excluding diaryl/α,β-unsaturated/α-hetero) is 1. The number of benzene rings is 2. The van der Waals surface area contributed by atoms with Gasteiger partial charge < -0.3 is 35.2 Å². The second-order valence-electron chi connectivity index (χ2n) is 17.8. The Morgan fingerprint density at radius 1 is 0.952 bits per heavy atom. The van der Waals surface area contributed by atoms with Crippen LogP contribution in [0.15, 0.2) is 59.7 Å². The van der Waals surface area contributed by atoms with Gasteiger partial charge in [0.1, 0.15) is 24.2 Å². The van der Waals surface area contributed by atoms with Crippen molar-refractivity contribution < 1.29 is 38.9 Å². The summed E-state index contributed by atoms with van der Waals surface area (Å²) >= 11 is 0. The third-order valence-electron chi connectivity index (χ3n) is 12.1. The fraction of sp³-hybridized carbons (Fsp3) is 0.622. The maximum Gasteiger partial charge on any atom is 0.289 e. The van der Waals surface area contributed by atoms with Crippen molar-refractivity contribution in [3.63, 3.8) is 0 Å². The zero-order chi connectivity index (χ0) is 44.2. The summed E-state index contributed by atoms with van der Waals surface area (Å²) in [6, 6.07) is 13.9. The van der Waals surface area contributed by atoms with Gasteiger partial charge in [-0.2, -0.15) is 0 Å². The number of hydrazine groups is 2. The van der Waals surface area contributed by atoms with Crippen molar-refractivity contribution in [2.45, 2.75) is 147 Å². The predicted octanol–water partition coefficient (Wildman–Crippen LogP) is 2.30. The van der Waals surface area contributed by atoms with E-state index in [9.17, 15) is 29.4 Å². The van der Waals surface area contributed by atoms with Gasteiger partial charge in [0.2, 0.25) is 17.6 Å². The summed E-state index contributed by atoms with van der Waals surface area (Å²) < 4.78 is 12.2. The van der Waals surface area contributed by atoms with Crippen molar-refractivity contribution in [3.05, 3.63) is 65.7 Å². The van der Waals surface area contributed by atoms with Crippen LogP contribution < -0.4 is 37.1 Å². The van der Waals surface area contributed by atoms with E-state index in [1.165, 1.54) is 0 Å². The molecule has 340 valence electrons. The molecule has 0 spiro atoms. The largest absolute Gasteiger partial charge is 0.494 e. The number of rotatable bonds is 14. The molecule has 3 amide bonds. The second kappa shape index (κ2) is 22.1. The molecule has 17 heteroatoms. The summed E-state index contributed by atoms with van der Waals surface area (Å²) in [6.45, 7) is 8.57. The fourth-order valence-corrected chi connectivity index (χ4v) is 8.77. The highest BCUT2D eigenvalue weighted by Crippen LogP contribution is 2.31. The molecule has 1 saturated carbocycles. The van der Waals surface area contributed by atoms with Gasteiger partial charge in [-0.15, -0.1) is 10.6 Å². The van der Waals surface area contributed by atoms with Crippen LogP contribution in [0.1, 0.15) is 109 Å². The number of carbonyl (C=O) groups excluding carboxylic acids is 4. The Morgan fingerprint density at radius 2 is 1.69 bits per heavy atom. The molecular formula is C45H67N9O8. The third-order valence-corrected chi connectivity index (χ3v) is 12.1. The van der Waals surface area contributed by atoms with Gasteiger partial charge in [0.15, 0.2) is 5.84 Å². The number of aliphatic hydroxyl groups excluding tert-OH is 2. The number of ether oxygens (including phenoxy) is 2. The van der Waals surface area contributed by atoms with Crippen molar-refractivity contribution in [1.29, 1.82) is 0 Å². The number of amides is 3. The van der Waals surface area contributed by atoms with E-state index in [1.807, 2.05) is 87.3 Å². The standard InChI is InChI=1S/C45H67N9O8/c1-5-13-34(40(57)43(59)46-27-37(56)49-38(30-14-8-6-9-15-30)41-50-51-52-54(41)45(2,3)4)47-42(58)35-26-33-28-53(35)44(60)39(31-16-10-7-11-17-31)48-36(55)23-20-29-18-21-32(22-19-29)61-24-12-25-62-33/h6,8-9,14-15,18-19,21-22,31,33-35,37-39,42,47,49,51-52,56,58H,5,7,10-13,16-17,20,23-28H2,1-4H3,(H,46,59)(H,48,55)/t33-,34?,35+,37-,38?,39+,42+/m1/s1. The van der Waals surface area contributed by atoms with Gasteiger partial charge in [0.05, 0.1) is 49.5 Å². The summed E-state index contributed by atoms with van der Waals surface area (Å²) in [6.07, 6.45) is 3.83. The summed E-state index contributed by atoms with van der Waals surface area (Å²) in [5.41, 5.74) is 7.24. The van der Waals surface area contributed by atoms with Gasteiger partial charge in [-0.3, -0.25) is 34.8 Å². The molecule has 2 aromatic carbocycles. The number of carbonyl (C=O) groups is 4. The highest BCUT2D eigenvalue weighted by Gasteiger charge is 2.45. The van der Waals surface area contributed by atoms with Crippen molar-refractivity contribution in [3.8, 4) is 5.75 Å². The number of nitrogens with zero attached hydrogens (tertiary/aromatic N) is 3. The minimum absolute atomic E-state index is 0.0595. The molecule has 0 radical (unpaired) electrons. The first-order valence-corrected chi connectivity index (χ1v) is 22.4. The first-order chi connectivity index (χ1) is 29.8. The first-order valence-electron chi connectivity index (χ1n) is 22.4. The number of aliphatic hydroxyl groups is 2. The number of hydrogen-bond acceptors (Lipinski definition) is 14. The van der Waals surface area contributed by atoms with Crippen LogP contribution in [-0.2, 0) is 30.3 Å². The molecule has 17 nitrogen and oxygen atoms in total. The molecule has 4 bridgehead atoms. The van der Waals surface area contributed by atoms with Crippen LogP contribution in [0.4, 0.5) is 0 Å². The first kappa shape index (κ1) is 46.8. The molecule has 0 aromatic heterocycles. The number of nitrogens with one attached hydrogen (secondary N) is 6. The van der Waals surface area contributed by atoms with E-state index < -0.39 is 54.4 Å². The molecule has 4 aliphatic heterocycles. The topological polar surface area (TPSA) is 218 Å². The van der Waals surface area contributed by atoms with E-state index in [0.29, 0.717) is 38.3 Å². The Labute approximate surface area is 365 Å². The molecule has 62 heavy (non-hydrogen) atoms. The molecule has 4 heterocycles. The van der Waals surface area contributed by atoms with Gasteiger partial charge in [0.25, 0.3) is 5.91 Å². The van der Waals surface area contributed by atoms with Crippen molar-refractivity contribution in [2.75, 3.05) is 26.3 Å². The highest BCUT2D eigenvalue weighted by atomic mass is 16.5. The zero-order valence-electron chi connectivity index (χ0n) is 36.6. The summed E-state index contributed by atoms with van der Waals surface area (Å²) in [5, 5.41) is 41.1. The van der Waals surface area contributed by atoms with E-state index in [1.54, 1.807) is 4.90 Å². The van der Waals surface area contributed by atoms with Crippen LogP contribution in [0.5, 0.6) is 5.75 Å². The molecule has 1 saturated heterocycles. The number of ketones is 1. The molecule has 2 fully saturated rings. The minimum atomic E-state index is -1.40. The van der Waals surface area contributed by atoms with E-state index in [0.717, 1.165) is 49.0 Å². The molecule has 8 N–H and O–H groups in total. The second-order valence-corrected chi connectivity index (χ2v) is 17.8. The van der Waals surface area contributed by atoms with Gasteiger partial charge in [0, 0.05) is 19.4 Å². The van der Waals surface area contributed by atoms with Crippen LogP contribution in [0, 0.1) is 5.92 Å². The quantitative estimate of drug-likeness (QED) is 0.101. The number of hydrogen-bond donors (Lipinski definition) is 8. The van der Waals surface area contributed by atoms with Crippen LogP contribution in [0.3, 0.4) is 0 Å². The van der Waals surface area contributed by atoms with Crippen molar-refractivity contribution >= 4 is 29.3 Å². The third kappa shape index (κ3) is 12.5. The summed E-state index contributed by atoms with van der Waals surface area (Å²) in [7, 11) is 0. The summed E-state index contributed by atoms with van der Waals surface area (Å²) in [5.74, 6) is -1.01. The zero-order valence-corrected chi connectivity index (χ0v) is 36.6. The fourth-order valence-electron chi connectivity index (χ4n) is 8.77. The predicted molar refractivity (Wildman–Crippen MR) is 233 cm³/mol. The van der Waals surface area contributed by atoms with E-state index in [2.05, 4.69) is 37.4 Å². The maximum absolute atomic E-state index is 14.7. The smallest absolute Gasteiger partial charge is 0.289 e. The number of hydrazone groups is 1. The Morgan fingerprint density at radius 3 is 2.40 bits per heavy atom. The Bertz CT molecular complexity index is 1820. The lowest BCUT2D eigenvalue weighted by Crippen LogP contribution is -2.59. The van der Waals surface area contributed by atoms with Crippen LogP contribution >= 0.6 is 0 Å². The Balaban J connectivity index is 1.13. The molecule has 7 rings (SSSR count). The van der Waals surface area contributed by atoms with Crippen LogP contribution in [-0.4, -0.2) is 118 Å². The van der Waals surface area contributed by atoms with E-state index in [4.69, 9.17) is 9.47 Å². The average molecular weight is 862 g/mol. The maximum atomic E-state index is 14.7. The van der Waals surface area contributed by atoms with Crippen molar-refractivity contribution in [1.82, 2.24) is 42.2 Å². The van der Waals surface area contributed by atoms with Crippen molar-refractivity contribution in [2.24, 2.45) is 11.0 Å². The normalized spacial score (nSPS) is 23.8. The molecule has 7 atom stereocenters. The Hall–Kier alpha value is -4.65. The van der Waals surface area contributed by atoms with Gasteiger partial charge in [-0.05, 0) is 82.1 Å². The van der Waals surface area contributed by atoms with Crippen LogP contribution in [0.25, 0.3) is 0 Å². The van der Waals surface area contributed by atoms with E-state index >= 15 is 0 Å². The molecular weight excluding hydrogens is 795 g/mol. The monoisotopic (exact) mass is 862 g/mol. The van der Waals surface area contributed by atoms with Gasteiger partial charge in [-0.25, -0.2) is 5.53 Å². The van der Waals surface area contributed by atoms with Crippen LogP contribution in [0.2, 0.25) is 0 Å². The van der Waals surface area contributed by atoms with E-state index in [-0.39, 0.29) is 55.6 Å². The highest BCUT2D eigenvalue weighted by molar-refractivity contribution is 6.38. The SMILES string of the molecule is CCCC(N[C@@H](O)[C@@H]1C[C@@H]2CN1C(=O)[C@H](C1CCCCC1)NC(=O)CCc1ccc(cc1)OCCCO2)C(=O)C(=O)NC[C@@H](O)NC(C1=NNNN1C(C)(C)C)c1ccccc1. The molecule has 2 aromatic rings. The lowest BCUT2D eigenvalue weighted by Gasteiger charge is -2.37. The van der Waals surface area contributed by atoms with Gasteiger partial charge in [-0.1, -0.05) is 75.1 Å². The lowest BCUT2D eigenvalue weighted by atomic mass is 9.83. The van der Waals surface area contributed by atoms with Gasteiger partial charge >= 0.3 is 0 Å². The number of amidine groups is 1. The Kier molecular flexibility index (Phi) is 16.7.